The van der Waals surface area contributed by atoms with E-state index in [1.165, 1.54) is 0 Å². The number of carbonyl (C=O) groups is 1. The van der Waals surface area contributed by atoms with E-state index >= 15 is 0 Å². The van der Waals surface area contributed by atoms with Gasteiger partial charge in [0.15, 0.2) is 0 Å². The second-order valence-corrected chi connectivity index (χ2v) is 6.65. The summed E-state index contributed by atoms with van der Waals surface area (Å²) < 4.78 is 2.95. The van der Waals surface area contributed by atoms with Gasteiger partial charge in [-0.2, -0.15) is 5.26 Å². The van der Waals surface area contributed by atoms with Crippen molar-refractivity contribution in [3.05, 3.63) is 58.7 Å². The SMILES string of the molecule is Cc1nc2c(ccc3c2c(C#N)cn3-c2ccc(C(=O)O)cc2)s1. The van der Waals surface area contributed by atoms with E-state index in [4.69, 9.17) is 5.11 Å². The lowest BCUT2D eigenvalue weighted by atomic mass is 10.1. The van der Waals surface area contributed by atoms with Crippen LogP contribution in [-0.4, -0.2) is 20.6 Å². The normalized spacial score (nSPS) is 11.0. The molecule has 24 heavy (non-hydrogen) atoms. The average molecular weight is 333 g/mol. The Morgan fingerprint density at radius 1 is 1.25 bits per heavy atom. The predicted octanol–water partition coefficient (Wildman–Crippen LogP) is 4.12. The molecular formula is C18H11N3O2S. The number of hydrogen-bond donors (Lipinski definition) is 1. The number of aromatic nitrogens is 2. The molecule has 2 heterocycles. The van der Waals surface area contributed by atoms with Crippen LogP contribution in [0.4, 0.5) is 0 Å². The van der Waals surface area contributed by atoms with Crippen molar-refractivity contribution in [2.75, 3.05) is 0 Å². The number of fused-ring (bicyclic) bond motifs is 3. The van der Waals surface area contributed by atoms with E-state index in [9.17, 15) is 10.1 Å². The summed E-state index contributed by atoms with van der Waals surface area (Å²) in [7, 11) is 0. The first-order valence-electron chi connectivity index (χ1n) is 7.23. The van der Waals surface area contributed by atoms with E-state index in [2.05, 4.69) is 11.1 Å². The quantitative estimate of drug-likeness (QED) is 0.598. The minimum Gasteiger partial charge on any atom is -0.478 e. The van der Waals surface area contributed by atoms with E-state index in [0.717, 1.165) is 31.8 Å². The molecule has 2 aromatic carbocycles. The lowest BCUT2D eigenvalue weighted by Gasteiger charge is -2.05. The third kappa shape index (κ3) is 2.07. The molecule has 0 saturated carbocycles. The van der Waals surface area contributed by atoms with Gasteiger partial charge in [-0.3, -0.25) is 0 Å². The zero-order valence-corrected chi connectivity index (χ0v) is 13.5. The van der Waals surface area contributed by atoms with Gasteiger partial charge in [0.25, 0.3) is 0 Å². The Labute approximate surface area is 141 Å². The number of carboxylic acid groups (broad SMARTS) is 1. The van der Waals surface area contributed by atoms with Gasteiger partial charge >= 0.3 is 5.97 Å². The van der Waals surface area contributed by atoms with E-state index in [1.807, 2.05) is 23.6 Å². The molecule has 1 N–H and O–H groups in total. The van der Waals surface area contributed by atoms with Crippen molar-refractivity contribution in [1.29, 1.82) is 5.26 Å². The summed E-state index contributed by atoms with van der Waals surface area (Å²) in [5.41, 5.74) is 3.31. The van der Waals surface area contributed by atoms with Crippen LogP contribution in [0.1, 0.15) is 20.9 Å². The smallest absolute Gasteiger partial charge is 0.335 e. The third-order valence-electron chi connectivity index (χ3n) is 3.95. The molecule has 0 spiro atoms. The van der Waals surface area contributed by atoms with Gasteiger partial charge in [-0.25, -0.2) is 9.78 Å². The Kier molecular flexibility index (Phi) is 3.12. The van der Waals surface area contributed by atoms with Crippen LogP contribution in [0.3, 0.4) is 0 Å². The van der Waals surface area contributed by atoms with Crippen molar-refractivity contribution >= 4 is 38.4 Å². The molecule has 4 rings (SSSR count). The Morgan fingerprint density at radius 2 is 2.00 bits per heavy atom. The topological polar surface area (TPSA) is 78.9 Å². The van der Waals surface area contributed by atoms with Crippen LogP contribution >= 0.6 is 11.3 Å². The number of aromatic carboxylic acids is 1. The Hall–Kier alpha value is -3.17. The van der Waals surface area contributed by atoms with Crippen LogP contribution in [0.5, 0.6) is 0 Å². The molecule has 6 heteroatoms. The zero-order chi connectivity index (χ0) is 16.8. The van der Waals surface area contributed by atoms with Gasteiger partial charge in [0.2, 0.25) is 0 Å². The number of carboxylic acids is 1. The summed E-state index contributed by atoms with van der Waals surface area (Å²) in [4.78, 5) is 15.6. The number of aryl methyl sites for hydroxylation is 1. The number of benzene rings is 2. The number of rotatable bonds is 2. The minimum atomic E-state index is -0.962. The summed E-state index contributed by atoms with van der Waals surface area (Å²) in [6.45, 7) is 1.95. The molecule has 116 valence electrons. The molecule has 0 radical (unpaired) electrons. The molecule has 5 nitrogen and oxygen atoms in total. The van der Waals surface area contributed by atoms with Crippen LogP contribution in [0, 0.1) is 18.3 Å². The van der Waals surface area contributed by atoms with Crippen LogP contribution in [0.15, 0.2) is 42.6 Å². The highest BCUT2D eigenvalue weighted by Crippen LogP contribution is 2.33. The highest BCUT2D eigenvalue weighted by atomic mass is 32.1. The van der Waals surface area contributed by atoms with Crippen molar-refractivity contribution in [2.24, 2.45) is 0 Å². The van der Waals surface area contributed by atoms with Gasteiger partial charge in [0.1, 0.15) is 6.07 Å². The van der Waals surface area contributed by atoms with Crippen LogP contribution in [0.2, 0.25) is 0 Å². The molecule has 0 unspecified atom stereocenters. The number of nitriles is 1. The molecule has 0 amide bonds. The van der Waals surface area contributed by atoms with Gasteiger partial charge < -0.3 is 9.67 Å². The van der Waals surface area contributed by atoms with Crippen molar-refractivity contribution in [3.8, 4) is 11.8 Å². The lowest BCUT2D eigenvalue weighted by molar-refractivity contribution is 0.0697. The number of hydrogen-bond acceptors (Lipinski definition) is 4. The second-order valence-electron chi connectivity index (χ2n) is 5.42. The fourth-order valence-corrected chi connectivity index (χ4v) is 3.72. The van der Waals surface area contributed by atoms with Crippen molar-refractivity contribution in [3.63, 3.8) is 0 Å². The Bertz CT molecular complexity index is 1150. The monoisotopic (exact) mass is 333 g/mol. The molecule has 0 aliphatic heterocycles. The summed E-state index contributed by atoms with van der Waals surface area (Å²) in [6, 6.07) is 12.8. The second kappa shape index (κ2) is 5.18. The van der Waals surface area contributed by atoms with Gasteiger partial charge in [0.05, 0.1) is 31.9 Å². The maximum absolute atomic E-state index is 11.0. The van der Waals surface area contributed by atoms with Crippen LogP contribution < -0.4 is 0 Å². The molecule has 2 aromatic heterocycles. The predicted molar refractivity (Wildman–Crippen MR) is 92.9 cm³/mol. The van der Waals surface area contributed by atoms with Gasteiger partial charge in [0, 0.05) is 17.3 Å². The van der Waals surface area contributed by atoms with E-state index < -0.39 is 5.97 Å². The van der Waals surface area contributed by atoms with Crippen LogP contribution in [0.25, 0.3) is 26.8 Å². The fourth-order valence-electron chi connectivity index (χ4n) is 2.89. The average Bonchev–Trinajstić information content (AvgIpc) is 3.14. The molecule has 0 aliphatic carbocycles. The molecule has 0 aliphatic rings. The number of nitrogens with zero attached hydrogens (tertiary/aromatic N) is 3. The van der Waals surface area contributed by atoms with E-state index in [-0.39, 0.29) is 5.56 Å². The first kappa shape index (κ1) is 14.4. The molecule has 4 aromatic rings. The highest BCUT2D eigenvalue weighted by molar-refractivity contribution is 7.18. The van der Waals surface area contributed by atoms with Gasteiger partial charge in [-0.05, 0) is 43.3 Å². The van der Waals surface area contributed by atoms with Crippen molar-refractivity contribution in [2.45, 2.75) is 6.92 Å². The zero-order valence-electron chi connectivity index (χ0n) is 12.6. The summed E-state index contributed by atoms with van der Waals surface area (Å²) in [5.74, 6) is -0.962. The molecule has 0 fully saturated rings. The van der Waals surface area contributed by atoms with Gasteiger partial charge in [-0.1, -0.05) is 0 Å². The van der Waals surface area contributed by atoms with Crippen molar-refractivity contribution < 1.29 is 9.90 Å². The first-order valence-corrected chi connectivity index (χ1v) is 8.05. The summed E-state index contributed by atoms with van der Waals surface area (Å²) in [6.07, 6.45) is 1.77. The Morgan fingerprint density at radius 3 is 2.67 bits per heavy atom. The maximum atomic E-state index is 11.0. The first-order chi connectivity index (χ1) is 11.6. The maximum Gasteiger partial charge on any atom is 0.335 e. The molecular weight excluding hydrogens is 322 g/mol. The minimum absolute atomic E-state index is 0.230. The Balaban J connectivity index is 2.01. The van der Waals surface area contributed by atoms with Crippen LogP contribution in [-0.2, 0) is 0 Å². The summed E-state index contributed by atoms with van der Waals surface area (Å²) in [5, 5.41) is 20.3. The largest absolute Gasteiger partial charge is 0.478 e. The highest BCUT2D eigenvalue weighted by Gasteiger charge is 2.15. The van der Waals surface area contributed by atoms with E-state index in [1.54, 1.807) is 41.8 Å². The molecule has 0 bridgehead atoms. The molecule has 0 saturated heterocycles. The third-order valence-corrected chi connectivity index (χ3v) is 4.88. The molecule has 0 atom stereocenters. The standard InChI is InChI=1S/C18H11N3O2S/c1-10-20-17-15(24-10)7-6-14-16(17)12(8-19)9-21(14)13-4-2-11(3-5-13)18(22)23/h2-7,9H,1H3,(H,22,23). The fraction of sp³-hybridized carbons (Fsp3) is 0.0556. The summed E-state index contributed by atoms with van der Waals surface area (Å²) >= 11 is 1.60. The lowest BCUT2D eigenvalue weighted by Crippen LogP contribution is -1.97. The van der Waals surface area contributed by atoms with Gasteiger partial charge in [-0.15, -0.1) is 11.3 Å². The van der Waals surface area contributed by atoms with Crippen molar-refractivity contribution in [1.82, 2.24) is 9.55 Å². The number of thiazole rings is 1. The van der Waals surface area contributed by atoms with E-state index in [0.29, 0.717) is 5.56 Å².